The first-order valence-electron chi connectivity index (χ1n) is 7.85. The molecule has 1 aliphatic heterocycles. The van der Waals surface area contributed by atoms with Gasteiger partial charge in [-0.05, 0) is 37.1 Å². The Kier molecular flexibility index (Phi) is 4.20. The summed E-state index contributed by atoms with van der Waals surface area (Å²) in [4.78, 5) is 37.6. The topological polar surface area (TPSA) is 71.4 Å². The number of aryl methyl sites for hydroxylation is 2. The molecule has 0 bridgehead atoms. The van der Waals surface area contributed by atoms with E-state index in [0.29, 0.717) is 29.8 Å². The number of benzene rings is 1. The number of pyridine rings is 1. The summed E-state index contributed by atoms with van der Waals surface area (Å²) in [5.74, 6) is -0.188. The number of hydrogen-bond acceptors (Lipinski definition) is 3. The number of nitrogens with zero attached hydrogens (tertiary/aromatic N) is 2. The number of carbonyl (C=O) groups is 2. The first-order valence-corrected chi connectivity index (χ1v) is 7.85. The summed E-state index contributed by atoms with van der Waals surface area (Å²) in [5, 5.41) is 2.82. The summed E-state index contributed by atoms with van der Waals surface area (Å²) in [5.41, 5.74) is 2.38. The zero-order valence-electron chi connectivity index (χ0n) is 13.7. The minimum Gasteiger partial charge on any atom is -0.320 e. The van der Waals surface area contributed by atoms with Crippen LogP contribution in [0.3, 0.4) is 0 Å². The zero-order valence-corrected chi connectivity index (χ0v) is 13.7. The average molecular weight is 325 g/mol. The van der Waals surface area contributed by atoms with Gasteiger partial charge in [-0.25, -0.2) is 0 Å². The monoisotopic (exact) mass is 325 g/mol. The van der Waals surface area contributed by atoms with Crippen LogP contribution in [0, 0.1) is 6.92 Å². The molecule has 3 rings (SSSR count). The van der Waals surface area contributed by atoms with Gasteiger partial charge in [-0.3, -0.25) is 14.4 Å². The molecule has 2 amide bonds. The van der Waals surface area contributed by atoms with Crippen LogP contribution >= 0.6 is 0 Å². The van der Waals surface area contributed by atoms with Gasteiger partial charge in [0, 0.05) is 43.5 Å². The van der Waals surface area contributed by atoms with Crippen molar-refractivity contribution in [2.24, 2.45) is 7.05 Å². The molecule has 0 spiro atoms. The summed E-state index contributed by atoms with van der Waals surface area (Å²) in [6, 6.07) is 8.50. The van der Waals surface area contributed by atoms with E-state index >= 15 is 0 Å². The number of carbonyl (C=O) groups excluding carboxylic acids is 2. The quantitative estimate of drug-likeness (QED) is 0.939. The third-order valence-electron chi connectivity index (χ3n) is 4.18. The number of nitrogens with one attached hydrogen (secondary N) is 1. The molecule has 1 saturated heterocycles. The van der Waals surface area contributed by atoms with E-state index in [9.17, 15) is 14.4 Å². The molecule has 0 radical (unpaired) electrons. The summed E-state index contributed by atoms with van der Waals surface area (Å²) >= 11 is 0. The van der Waals surface area contributed by atoms with Crippen LogP contribution in [0.2, 0.25) is 0 Å². The largest absolute Gasteiger partial charge is 0.320 e. The Hall–Kier alpha value is -2.89. The highest BCUT2D eigenvalue weighted by atomic mass is 16.2. The lowest BCUT2D eigenvalue weighted by atomic mass is 10.1. The third kappa shape index (κ3) is 3.08. The second-order valence-electron chi connectivity index (χ2n) is 5.97. The smallest absolute Gasteiger partial charge is 0.255 e. The van der Waals surface area contributed by atoms with Crippen LogP contribution in [0.1, 0.15) is 28.8 Å². The fraction of sp³-hybridized carbons (Fsp3) is 0.278. The molecule has 1 aliphatic rings. The lowest BCUT2D eigenvalue weighted by molar-refractivity contribution is -0.117. The van der Waals surface area contributed by atoms with E-state index in [1.54, 1.807) is 43.3 Å². The first kappa shape index (κ1) is 16.0. The van der Waals surface area contributed by atoms with Gasteiger partial charge in [0.05, 0.1) is 5.69 Å². The van der Waals surface area contributed by atoms with Gasteiger partial charge in [0.25, 0.3) is 11.5 Å². The second-order valence-corrected chi connectivity index (χ2v) is 5.97. The Balaban J connectivity index is 1.84. The van der Waals surface area contributed by atoms with Gasteiger partial charge in [0.1, 0.15) is 0 Å². The van der Waals surface area contributed by atoms with Crippen molar-refractivity contribution in [2.45, 2.75) is 19.8 Å². The van der Waals surface area contributed by atoms with Crippen molar-refractivity contribution < 1.29 is 9.59 Å². The predicted molar refractivity (Wildman–Crippen MR) is 92.4 cm³/mol. The zero-order chi connectivity index (χ0) is 17.3. The van der Waals surface area contributed by atoms with Crippen LogP contribution < -0.4 is 15.8 Å². The summed E-state index contributed by atoms with van der Waals surface area (Å²) in [6.45, 7) is 2.46. The van der Waals surface area contributed by atoms with Crippen molar-refractivity contribution in [1.82, 2.24) is 4.57 Å². The molecule has 0 aliphatic carbocycles. The van der Waals surface area contributed by atoms with E-state index in [4.69, 9.17) is 0 Å². The fourth-order valence-corrected chi connectivity index (χ4v) is 2.79. The molecule has 6 nitrogen and oxygen atoms in total. The maximum Gasteiger partial charge on any atom is 0.255 e. The van der Waals surface area contributed by atoms with Gasteiger partial charge in [-0.1, -0.05) is 6.07 Å². The van der Waals surface area contributed by atoms with Crippen molar-refractivity contribution in [3.63, 3.8) is 0 Å². The molecule has 0 saturated carbocycles. The van der Waals surface area contributed by atoms with E-state index in [0.717, 1.165) is 12.1 Å². The standard InChI is InChI=1S/C18H19N3O3/c1-12-9-17(23)20(2)11-15(12)19-18(24)13-5-3-6-14(10-13)21-8-4-7-16(21)22/h3,5-6,9-11H,4,7-8H2,1-2H3,(H,19,24). The predicted octanol–water partition coefficient (Wildman–Crippen LogP) is 2.07. The van der Waals surface area contributed by atoms with Gasteiger partial charge < -0.3 is 14.8 Å². The van der Waals surface area contributed by atoms with Crippen LogP contribution in [-0.2, 0) is 11.8 Å². The molecule has 6 heteroatoms. The Labute approximate surface area is 139 Å². The Bertz CT molecular complexity index is 870. The van der Waals surface area contributed by atoms with Crippen LogP contribution in [0.4, 0.5) is 11.4 Å². The van der Waals surface area contributed by atoms with Crippen molar-refractivity contribution >= 4 is 23.2 Å². The molecule has 1 N–H and O–H groups in total. The number of anilines is 2. The Morgan fingerprint density at radius 2 is 2.00 bits per heavy atom. The van der Waals surface area contributed by atoms with E-state index in [1.165, 1.54) is 10.6 Å². The van der Waals surface area contributed by atoms with Crippen LogP contribution in [-0.4, -0.2) is 22.9 Å². The third-order valence-corrected chi connectivity index (χ3v) is 4.18. The van der Waals surface area contributed by atoms with Crippen LogP contribution in [0.15, 0.2) is 41.3 Å². The highest BCUT2D eigenvalue weighted by molar-refractivity contribution is 6.06. The van der Waals surface area contributed by atoms with E-state index in [1.807, 2.05) is 6.07 Å². The summed E-state index contributed by atoms with van der Waals surface area (Å²) < 4.78 is 1.42. The van der Waals surface area contributed by atoms with Crippen molar-refractivity contribution in [2.75, 3.05) is 16.8 Å². The van der Waals surface area contributed by atoms with Gasteiger partial charge in [-0.2, -0.15) is 0 Å². The van der Waals surface area contributed by atoms with Crippen molar-refractivity contribution in [1.29, 1.82) is 0 Å². The number of amides is 2. The molecule has 1 aromatic heterocycles. The van der Waals surface area contributed by atoms with Gasteiger partial charge in [0.15, 0.2) is 0 Å². The van der Waals surface area contributed by atoms with Crippen LogP contribution in [0.5, 0.6) is 0 Å². The molecule has 1 aromatic carbocycles. The van der Waals surface area contributed by atoms with Crippen molar-refractivity contribution in [3.8, 4) is 0 Å². The summed E-state index contributed by atoms with van der Waals surface area (Å²) in [7, 11) is 1.64. The van der Waals surface area contributed by atoms with Gasteiger partial charge >= 0.3 is 0 Å². The van der Waals surface area contributed by atoms with Gasteiger partial charge in [-0.15, -0.1) is 0 Å². The molecule has 0 atom stereocenters. The molecule has 24 heavy (non-hydrogen) atoms. The SMILES string of the molecule is Cc1cc(=O)n(C)cc1NC(=O)c1cccc(N2CCCC2=O)c1. The average Bonchev–Trinajstić information content (AvgIpc) is 2.99. The van der Waals surface area contributed by atoms with Crippen LogP contribution in [0.25, 0.3) is 0 Å². The highest BCUT2D eigenvalue weighted by Gasteiger charge is 2.22. The molecule has 2 aromatic rings. The molecular formula is C18H19N3O3. The maximum absolute atomic E-state index is 12.5. The minimum atomic E-state index is -0.273. The number of hydrogen-bond donors (Lipinski definition) is 1. The number of aromatic nitrogens is 1. The van der Waals surface area contributed by atoms with E-state index in [2.05, 4.69) is 5.32 Å². The molecule has 2 heterocycles. The lowest BCUT2D eigenvalue weighted by Gasteiger charge is -2.16. The first-order chi connectivity index (χ1) is 11.5. The highest BCUT2D eigenvalue weighted by Crippen LogP contribution is 2.23. The Morgan fingerprint density at radius 3 is 2.71 bits per heavy atom. The maximum atomic E-state index is 12.5. The molecular weight excluding hydrogens is 306 g/mol. The Morgan fingerprint density at radius 1 is 1.21 bits per heavy atom. The van der Waals surface area contributed by atoms with Gasteiger partial charge in [0.2, 0.25) is 5.91 Å². The normalized spacial score (nSPS) is 14.1. The molecule has 124 valence electrons. The number of rotatable bonds is 3. The van der Waals surface area contributed by atoms with E-state index in [-0.39, 0.29) is 17.4 Å². The van der Waals surface area contributed by atoms with Crippen molar-refractivity contribution in [3.05, 3.63) is 58.0 Å². The molecule has 1 fully saturated rings. The lowest BCUT2D eigenvalue weighted by Crippen LogP contribution is -2.24. The fourth-order valence-electron chi connectivity index (χ4n) is 2.79. The summed E-state index contributed by atoms with van der Waals surface area (Å²) in [6.07, 6.45) is 2.99. The second kappa shape index (κ2) is 6.31. The molecule has 0 unspecified atom stereocenters. The minimum absolute atomic E-state index is 0.0847. The van der Waals surface area contributed by atoms with E-state index < -0.39 is 0 Å².